The molecule has 0 fully saturated rings. The lowest BCUT2D eigenvalue weighted by molar-refractivity contribution is 0.0520. The second-order valence-electron chi connectivity index (χ2n) is 5.92. The van der Waals surface area contributed by atoms with Gasteiger partial charge in [0.15, 0.2) is 0 Å². The highest BCUT2D eigenvalue weighted by Crippen LogP contribution is 2.40. The van der Waals surface area contributed by atoms with Crippen LogP contribution in [0.3, 0.4) is 0 Å². The smallest absolute Gasteiger partial charge is 0.338 e. The summed E-state index contributed by atoms with van der Waals surface area (Å²) in [5.74, 6) is 1.61. The summed E-state index contributed by atoms with van der Waals surface area (Å²) in [6, 6.07) is 15.7. The van der Waals surface area contributed by atoms with E-state index in [9.17, 15) is 4.79 Å². The van der Waals surface area contributed by atoms with Crippen molar-refractivity contribution < 1.29 is 9.53 Å². The van der Waals surface area contributed by atoms with E-state index in [1.807, 2.05) is 30.0 Å². The first kappa shape index (κ1) is 16.9. The number of thioether (sulfide) groups is 1. The number of hydrogen-bond donors (Lipinski definition) is 1. The molecule has 0 aliphatic carbocycles. The average Bonchev–Trinajstić information content (AvgIpc) is 2.65. The molecule has 0 amide bonds. The summed E-state index contributed by atoms with van der Waals surface area (Å²) in [5.41, 5.74) is 3.15. The van der Waals surface area contributed by atoms with Gasteiger partial charge in [-0.2, -0.15) is 0 Å². The van der Waals surface area contributed by atoms with Gasteiger partial charge in [0.25, 0.3) is 0 Å². The summed E-state index contributed by atoms with van der Waals surface area (Å²) in [6.07, 6.45) is 2.44. The number of anilines is 1. The van der Waals surface area contributed by atoms with Crippen LogP contribution in [-0.4, -0.2) is 24.9 Å². The minimum absolute atomic E-state index is 0.273. The zero-order chi connectivity index (χ0) is 16.8. The van der Waals surface area contributed by atoms with Crippen molar-refractivity contribution in [3.05, 3.63) is 59.7 Å². The second kappa shape index (κ2) is 8.25. The van der Waals surface area contributed by atoms with E-state index in [-0.39, 0.29) is 5.97 Å². The standard InChI is InChI=1S/C20H23NO2S/c1-2-15-10-13-24-19-9-8-17(14-18(15)19)21-11-12-23-20(22)16-6-4-3-5-7-16/h3-9,14-15,21H,2,10-13H2,1H3. The van der Waals surface area contributed by atoms with Crippen molar-refractivity contribution in [2.45, 2.75) is 30.6 Å². The zero-order valence-corrected chi connectivity index (χ0v) is 14.8. The van der Waals surface area contributed by atoms with Crippen LogP contribution in [0.2, 0.25) is 0 Å². The molecule has 2 aromatic carbocycles. The van der Waals surface area contributed by atoms with Crippen molar-refractivity contribution in [3.63, 3.8) is 0 Å². The van der Waals surface area contributed by atoms with Gasteiger partial charge in [-0.25, -0.2) is 4.79 Å². The molecule has 0 saturated heterocycles. The van der Waals surface area contributed by atoms with E-state index in [1.165, 1.54) is 29.1 Å². The van der Waals surface area contributed by atoms with Crippen molar-refractivity contribution in [1.82, 2.24) is 0 Å². The van der Waals surface area contributed by atoms with Gasteiger partial charge in [0.05, 0.1) is 5.56 Å². The monoisotopic (exact) mass is 341 g/mol. The van der Waals surface area contributed by atoms with E-state index in [4.69, 9.17) is 4.74 Å². The van der Waals surface area contributed by atoms with Crippen LogP contribution in [-0.2, 0) is 4.74 Å². The van der Waals surface area contributed by atoms with Gasteiger partial charge < -0.3 is 10.1 Å². The molecule has 2 aromatic rings. The largest absolute Gasteiger partial charge is 0.460 e. The Bertz CT molecular complexity index is 687. The van der Waals surface area contributed by atoms with E-state index in [0.717, 1.165) is 5.69 Å². The molecule has 1 N–H and O–H groups in total. The number of fused-ring (bicyclic) bond motifs is 1. The molecule has 1 aliphatic rings. The minimum Gasteiger partial charge on any atom is -0.460 e. The number of hydrogen-bond acceptors (Lipinski definition) is 4. The Hall–Kier alpha value is -1.94. The Morgan fingerprint density at radius 1 is 1.25 bits per heavy atom. The van der Waals surface area contributed by atoms with Gasteiger partial charge in [-0.15, -0.1) is 11.8 Å². The lowest BCUT2D eigenvalue weighted by atomic mass is 9.93. The molecule has 24 heavy (non-hydrogen) atoms. The Kier molecular flexibility index (Phi) is 5.81. The summed E-state index contributed by atoms with van der Waals surface area (Å²) < 4.78 is 5.30. The van der Waals surface area contributed by atoms with Gasteiger partial charge in [-0.05, 0) is 60.4 Å². The van der Waals surface area contributed by atoms with E-state index >= 15 is 0 Å². The maximum Gasteiger partial charge on any atom is 0.338 e. The molecule has 0 aromatic heterocycles. The van der Waals surface area contributed by atoms with Crippen molar-refractivity contribution >= 4 is 23.4 Å². The van der Waals surface area contributed by atoms with E-state index in [2.05, 4.69) is 30.4 Å². The quantitative estimate of drug-likeness (QED) is 0.596. The molecular formula is C20H23NO2S. The maximum atomic E-state index is 11.9. The Labute approximate surface area is 147 Å². The molecule has 0 bridgehead atoms. The third-order valence-corrected chi connectivity index (χ3v) is 5.46. The fourth-order valence-electron chi connectivity index (χ4n) is 3.00. The maximum absolute atomic E-state index is 11.9. The first-order chi connectivity index (χ1) is 11.8. The van der Waals surface area contributed by atoms with E-state index in [1.54, 1.807) is 12.1 Å². The summed E-state index contributed by atoms with van der Waals surface area (Å²) >= 11 is 1.95. The van der Waals surface area contributed by atoms with Crippen molar-refractivity contribution in [2.24, 2.45) is 0 Å². The molecule has 1 unspecified atom stereocenters. The molecule has 0 spiro atoms. The number of carbonyl (C=O) groups is 1. The molecule has 0 radical (unpaired) electrons. The second-order valence-corrected chi connectivity index (χ2v) is 7.06. The first-order valence-electron chi connectivity index (χ1n) is 8.50. The number of rotatable bonds is 6. The first-order valence-corrected chi connectivity index (χ1v) is 9.49. The third kappa shape index (κ3) is 4.12. The predicted octanol–water partition coefficient (Wildman–Crippen LogP) is 4.94. The van der Waals surface area contributed by atoms with Crippen LogP contribution >= 0.6 is 11.8 Å². The van der Waals surface area contributed by atoms with Gasteiger partial charge in [-0.1, -0.05) is 25.1 Å². The highest BCUT2D eigenvalue weighted by atomic mass is 32.2. The average molecular weight is 341 g/mol. The van der Waals surface area contributed by atoms with Crippen LogP contribution in [0.25, 0.3) is 0 Å². The summed E-state index contributed by atoms with van der Waals surface area (Å²) in [5, 5.41) is 3.36. The fourth-order valence-corrected chi connectivity index (χ4v) is 4.18. The highest BCUT2D eigenvalue weighted by molar-refractivity contribution is 7.99. The van der Waals surface area contributed by atoms with Crippen LogP contribution in [0.1, 0.15) is 41.6 Å². The van der Waals surface area contributed by atoms with Crippen LogP contribution in [0.15, 0.2) is 53.4 Å². The zero-order valence-electron chi connectivity index (χ0n) is 14.0. The lowest BCUT2D eigenvalue weighted by Crippen LogP contribution is -2.14. The molecule has 4 heteroatoms. The normalized spacial score (nSPS) is 16.3. The number of ether oxygens (including phenoxy) is 1. The molecule has 126 valence electrons. The number of benzene rings is 2. The number of nitrogens with one attached hydrogen (secondary N) is 1. The Balaban J connectivity index is 1.51. The SMILES string of the molecule is CCC1CCSc2ccc(NCCOC(=O)c3ccccc3)cc21. The minimum atomic E-state index is -0.273. The van der Waals surface area contributed by atoms with Gasteiger partial charge in [-0.3, -0.25) is 0 Å². The molecule has 0 saturated carbocycles. The van der Waals surface area contributed by atoms with Crippen LogP contribution in [0.4, 0.5) is 5.69 Å². The van der Waals surface area contributed by atoms with Gasteiger partial charge in [0.2, 0.25) is 0 Å². The molecule has 3 rings (SSSR count). The molecule has 1 atom stereocenters. The van der Waals surface area contributed by atoms with Crippen LogP contribution < -0.4 is 5.32 Å². The van der Waals surface area contributed by atoms with Gasteiger partial charge in [0.1, 0.15) is 6.61 Å². The number of carbonyl (C=O) groups excluding carboxylic acids is 1. The highest BCUT2D eigenvalue weighted by Gasteiger charge is 2.19. The summed E-state index contributed by atoms with van der Waals surface area (Å²) in [6.45, 7) is 3.23. The Morgan fingerprint density at radius 2 is 2.08 bits per heavy atom. The Morgan fingerprint density at radius 3 is 2.88 bits per heavy atom. The van der Waals surface area contributed by atoms with E-state index < -0.39 is 0 Å². The predicted molar refractivity (Wildman–Crippen MR) is 100 cm³/mol. The van der Waals surface area contributed by atoms with Crippen molar-refractivity contribution in [2.75, 3.05) is 24.2 Å². The van der Waals surface area contributed by atoms with Crippen molar-refractivity contribution in [1.29, 1.82) is 0 Å². The molecule has 1 heterocycles. The number of esters is 1. The summed E-state index contributed by atoms with van der Waals surface area (Å²) in [7, 11) is 0. The molecule has 3 nitrogen and oxygen atoms in total. The van der Waals surface area contributed by atoms with Gasteiger partial charge in [0, 0.05) is 17.1 Å². The topological polar surface area (TPSA) is 38.3 Å². The van der Waals surface area contributed by atoms with Crippen molar-refractivity contribution in [3.8, 4) is 0 Å². The summed E-state index contributed by atoms with van der Waals surface area (Å²) in [4.78, 5) is 13.3. The molecule has 1 aliphatic heterocycles. The van der Waals surface area contributed by atoms with E-state index in [0.29, 0.717) is 24.6 Å². The lowest BCUT2D eigenvalue weighted by Gasteiger charge is -2.24. The van der Waals surface area contributed by atoms with Crippen LogP contribution in [0, 0.1) is 0 Å². The van der Waals surface area contributed by atoms with Crippen LogP contribution in [0.5, 0.6) is 0 Å². The fraction of sp³-hybridized carbons (Fsp3) is 0.350. The molecular weight excluding hydrogens is 318 g/mol. The third-order valence-electron chi connectivity index (χ3n) is 4.34. The van der Waals surface area contributed by atoms with Gasteiger partial charge >= 0.3 is 5.97 Å².